The molecule has 1 aliphatic rings. The molecule has 0 radical (unpaired) electrons. The van der Waals surface area contributed by atoms with Gasteiger partial charge >= 0.3 is 0 Å². The third-order valence-corrected chi connectivity index (χ3v) is 6.44. The van der Waals surface area contributed by atoms with E-state index in [4.69, 9.17) is 11.6 Å². The van der Waals surface area contributed by atoms with Crippen LogP contribution in [0.1, 0.15) is 24.2 Å². The van der Waals surface area contributed by atoms with Gasteiger partial charge in [0.25, 0.3) is 0 Å². The molecule has 6 nitrogen and oxygen atoms in total. The number of hydrogen-bond acceptors (Lipinski definition) is 5. The molecule has 0 bridgehead atoms. The van der Waals surface area contributed by atoms with Crippen molar-refractivity contribution in [1.82, 2.24) is 14.7 Å². The van der Waals surface area contributed by atoms with Gasteiger partial charge in [-0.05, 0) is 55.7 Å². The quantitative estimate of drug-likeness (QED) is 0.686. The van der Waals surface area contributed by atoms with E-state index in [-0.39, 0.29) is 11.4 Å². The van der Waals surface area contributed by atoms with Gasteiger partial charge in [0.05, 0.1) is 17.0 Å². The predicted octanol–water partition coefficient (Wildman–Crippen LogP) is 3.67. The molecule has 3 aromatic rings. The molecule has 0 unspecified atom stereocenters. The van der Waals surface area contributed by atoms with E-state index in [1.165, 1.54) is 0 Å². The number of aryl methyl sites for hydroxylation is 1. The van der Waals surface area contributed by atoms with Gasteiger partial charge in [0.15, 0.2) is 0 Å². The van der Waals surface area contributed by atoms with Crippen LogP contribution in [0.5, 0.6) is 0 Å². The van der Waals surface area contributed by atoms with Crippen molar-refractivity contribution < 1.29 is 8.42 Å². The number of fused-ring (bicyclic) bond motifs is 1. The topological polar surface area (TPSA) is 75.2 Å². The molecule has 0 spiro atoms. The van der Waals surface area contributed by atoms with E-state index in [9.17, 15) is 8.42 Å². The van der Waals surface area contributed by atoms with E-state index in [2.05, 4.69) is 19.6 Å². The van der Waals surface area contributed by atoms with Gasteiger partial charge < -0.3 is 4.90 Å². The van der Waals surface area contributed by atoms with Crippen LogP contribution in [0.2, 0.25) is 5.02 Å². The maximum Gasteiger partial charge on any atom is 0.240 e. The second-order valence-corrected chi connectivity index (χ2v) is 9.16. The highest BCUT2D eigenvalue weighted by atomic mass is 35.5. The summed E-state index contributed by atoms with van der Waals surface area (Å²) in [6.45, 7) is 3.73. The van der Waals surface area contributed by atoms with Gasteiger partial charge in [-0.1, -0.05) is 23.7 Å². The Labute approximate surface area is 169 Å². The second-order valence-electron chi connectivity index (χ2n) is 6.96. The maximum atomic E-state index is 12.6. The van der Waals surface area contributed by atoms with Crippen LogP contribution in [-0.2, 0) is 16.6 Å². The fraction of sp³-hybridized carbons (Fsp3) is 0.300. The minimum absolute atomic E-state index is 0.0235. The van der Waals surface area contributed by atoms with Crippen LogP contribution in [-0.4, -0.2) is 31.5 Å². The lowest BCUT2D eigenvalue weighted by atomic mass is 10.2. The normalized spacial score (nSPS) is 14.7. The zero-order chi connectivity index (χ0) is 19.7. The highest BCUT2D eigenvalue weighted by molar-refractivity contribution is 7.89. The van der Waals surface area contributed by atoms with Crippen molar-refractivity contribution in [2.75, 3.05) is 18.0 Å². The van der Waals surface area contributed by atoms with Crippen LogP contribution >= 0.6 is 11.6 Å². The predicted molar refractivity (Wildman–Crippen MR) is 111 cm³/mol. The van der Waals surface area contributed by atoms with Crippen LogP contribution in [0.15, 0.2) is 47.4 Å². The molecule has 146 valence electrons. The van der Waals surface area contributed by atoms with E-state index >= 15 is 0 Å². The Morgan fingerprint density at radius 1 is 1.11 bits per heavy atom. The minimum Gasteiger partial charge on any atom is -0.356 e. The smallest absolute Gasteiger partial charge is 0.240 e. The molecule has 1 aromatic heterocycles. The molecule has 0 aliphatic carbocycles. The number of nitrogens with zero attached hydrogens (tertiary/aromatic N) is 3. The van der Waals surface area contributed by atoms with Crippen LogP contribution in [0.4, 0.5) is 5.82 Å². The van der Waals surface area contributed by atoms with E-state index in [1.54, 1.807) is 24.3 Å². The number of aromatic nitrogens is 2. The number of rotatable bonds is 5. The van der Waals surface area contributed by atoms with Crippen molar-refractivity contribution in [2.24, 2.45) is 0 Å². The van der Waals surface area contributed by atoms with Gasteiger partial charge in [0.1, 0.15) is 11.6 Å². The molecule has 28 heavy (non-hydrogen) atoms. The van der Waals surface area contributed by atoms with Crippen LogP contribution in [0.3, 0.4) is 0 Å². The summed E-state index contributed by atoms with van der Waals surface area (Å²) < 4.78 is 27.8. The molecule has 1 saturated heterocycles. The summed E-state index contributed by atoms with van der Waals surface area (Å²) in [4.78, 5) is 11.7. The number of nitrogens with one attached hydrogen (secondary N) is 1. The van der Waals surface area contributed by atoms with Gasteiger partial charge in [-0.25, -0.2) is 23.1 Å². The van der Waals surface area contributed by atoms with Gasteiger partial charge in [-0.15, -0.1) is 0 Å². The number of hydrogen-bond donors (Lipinski definition) is 1. The Hall–Kier alpha value is -2.22. The Morgan fingerprint density at radius 3 is 2.64 bits per heavy atom. The highest BCUT2D eigenvalue weighted by Gasteiger charge is 2.20. The summed E-state index contributed by atoms with van der Waals surface area (Å²) in [7, 11) is -3.64. The molecule has 0 atom stereocenters. The van der Waals surface area contributed by atoms with Gasteiger partial charge in [0.2, 0.25) is 10.0 Å². The number of anilines is 1. The first kappa shape index (κ1) is 19.1. The first-order valence-corrected chi connectivity index (χ1v) is 11.1. The van der Waals surface area contributed by atoms with Crippen molar-refractivity contribution in [2.45, 2.75) is 31.2 Å². The Kier molecular flexibility index (Phi) is 5.23. The number of sulfonamides is 1. The fourth-order valence-corrected chi connectivity index (χ4v) is 4.66. The first-order valence-electron chi connectivity index (χ1n) is 9.20. The van der Waals surface area contributed by atoms with Gasteiger partial charge in [0, 0.05) is 23.5 Å². The number of benzene rings is 2. The Morgan fingerprint density at radius 2 is 1.89 bits per heavy atom. The fourth-order valence-electron chi connectivity index (χ4n) is 3.41. The number of halogens is 1. The van der Waals surface area contributed by atoms with Gasteiger partial charge in [-0.2, -0.15) is 0 Å². The summed E-state index contributed by atoms with van der Waals surface area (Å²) in [6, 6.07) is 12.3. The molecule has 2 heterocycles. The third kappa shape index (κ3) is 3.97. The maximum absolute atomic E-state index is 12.6. The van der Waals surface area contributed by atoms with E-state index in [0.717, 1.165) is 48.2 Å². The molecule has 0 amide bonds. The standard InChI is InChI=1S/C20H21ClN4O2S/c1-14-5-4-6-16(11-14)28(26,27)22-13-19-23-18-8-7-15(21)12-17(18)20(24-19)25-9-2-3-10-25/h4-8,11-12,22H,2-3,9-10,13H2,1H3. The van der Waals surface area contributed by atoms with Crippen molar-refractivity contribution in [3.05, 3.63) is 58.9 Å². The van der Waals surface area contributed by atoms with Crippen LogP contribution in [0, 0.1) is 6.92 Å². The molecule has 1 aliphatic heterocycles. The monoisotopic (exact) mass is 416 g/mol. The summed E-state index contributed by atoms with van der Waals surface area (Å²) in [5.74, 6) is 1.25. The lowest BCUT2D eigenvalue weighted by Gasteiger charge is -2.19. The zero-order valence-corrected chi connectivity index (χ0v) is 17.1. The van der Waals surface area contributed by atoms with Crippen LogP contribution < -0.4 is 9.62 Å². The summed E-state index contributed by atoms with van der Waals surface area (Å²) in [5, 5.41) is 1.52. The summed E-state index contributed by atoms with van der Waals surface area (Å²) in [5.41, 5.74) is 1.64. The average Bonchev–Trinajstić information content (AvgIpc) is 3.20. The van der Waals surface area contributed by atoms with Crippen molar-refractivity contribution in [3.63, 3.8) is 0 Å². The Bertz CT molecular complexity index is 1130. The molecular formula is C20H21ClN4O2S. The molecule has 2 aromatic carbocycles. The van der Waals surface area contributed by atoms with E-state index in [1.807, 2.05) is 25.1 Å². The molecule has 1 fully saturated rings. The highest BCUT2D eigenvalue weighted by Crippen LogP contribution is 2.29. The van der Waals surface area contributed by atoms with Gasteiger partial charge in [-0.3, -0.25) is 0 Å². The first-order chi connectivity index (χ1) is 13.4. The average molecular weight is 417 g/mol. The molecule has 1 N–H and O–H groups in total. The van der Waals surface area contributed by atoms with E-state index in [0.29, 0.717) is 10.8 Å². The molecule has 8 heteroatoms. The third-order valence-electron chi connectivity index (χ3n) is 4.81. The SMILES string of the molecule is Cc1cccc(S(=O)(=O)NCc2nc(N3CCCC3)c3cc(Cl)ccc3n2)c1. The second kappa shape index (κ2) is 7.66. The summed E-state index contributed by atoms with van der Waals surface area (Å²) in [6.07, 6.45) is 2.22. The lowest BCUT2D eigenvalue weighted by Crippen LogP contribution is -2.26. The molecule has 4 rings (SSSR count). The Balaban J connectivity index is 1.66. The molecular weight excluding hydrogens is 396 g/mol. The van der Waals surface area contributed by atoms with Crippen molar-refractivity contribution in [3.8, 4) is 0 Å². The lowest BCUT2D eigenvalue weighted by molar-refractivity contribution is 0.579. The largest absolute Gasteiger partial charge is 0.356 e. The van der Waals surface area contributed by atoms with Crippen molar-refractivity contribution in [1.29, 1.82) is 0 Å². The van der Waals surface area contributed by atoms with Crippen LogP contribution in [0.25, 0.3) is 10.9 Å². The minimum atomic E-state index is -3.64. The van der Waals surface area contributed by atoms with Crippen molar-refractivity contribution >= 4 is 38.3 Å². The zero-order valence-electron chi connectivity index (χ0n) is 15.5. The van der Waals surface area contributed by atoms with E-state index < -0.39 is 10.0 Å². The molecule has 0 saturated carbocycles. The summed E-state index contributed by atoms with van der Waals surface area (Å²) >= 11 is 6.17.